The number of amides is 11. The highest BCUT2D eigenvalue weighted by atomic mass is 16.3. The summed E-state index contributed by atoms with van der Waals surface area (Å²) < 4.78 is 1.82. The van der Waals surface area contributed by atoms with E-state index >= 15 is 19.2 Å². The number of aryl methyl sites for hydroxylation is 2. The lowest BCUT2D eigenvalue weighted by molar-refractivity contribution is -0.157. The standard InChI is InChI=1S/C66H117N13O12/c1-26-47-62(87)73(19)45(17)61(86)74(20)49(31-37(4)5)58(83)71-52(40(10)11)65(90)75(21)48(30-36(2)3)57(82)68-43(15)56(81)69-44(16)60(85)76(22)50(32-38(6)7)63(88)77(23)51(33-39(8)9)64(89)78(24)53(41(12)13)66(91)79(25)54(59(84)70-47)55(80)42(14)28-27-29-46-34-72(18)35-67-46/h34-45,47-55,80H,26-33H2,1-25H3,(H,68,82)(H,69,81)(H,70,84)(H,71,83)/t42-,43+,44-,45-,47+,48+,49+,50+,51+,52+,53+,54-,55-/m1/s1. The maximum Gasteiger partial charge on any atom is 0.246 e. The van der Waals surface area contributed by atoms with Gasteiger partial charge in [-0.1, -0.05) is 96.9 Å². The van der Waals surface area contributed by atoms with Crippen LogP contribution in [0.25, 0.3) is 0 Å². The van der Waals surface area contributed by atoms with Crippen molar-refractivity contribution >= 4 is 65.0 Å². The number of aliphatic hydroxyl groups is 1. The molecule has 0 saturated carbocycles. The first-order valence-corrected chi connectivity index (χ1v) is 32.8. The number of carbonyl (C=O) groups is 11. The van der Waals surface area contributed by atoms with Crippen LogP contribution in [0.1, 0.15) is 168 Å². The van der Waals surface area contributed by atoms with Crippen molar-refractivity contribution in [1.82, 2.24) is 65.1 Å². The normalized spacial score (nSPS) is 26.7. The Bertz CT molecular complexity index is 2640. The van der Waals surface area contributed by atoms with Gasteiger partial charge in [0, 0.05) is 62.6 Å². The van der Waals surface area contributed by atoms with Gasteiger partial charge in [-0.3, -0.25) is 52.7 Å². The minimum Gasteiger partial charge on any atom is -0.390 e. The number of rotatable bonds is 17. The van der Waals surface area contributed by atoms with E-state index in [1.54, 1.807) is 47.9 Å². The van der Waals surface area contributed by atoms with Gasteiger partial charge in [0.1, 0.15) is 66.5 Å². The minimum atomic E-state index is -1.64. The lowest BCUT2D eigenvalue weighted by Crippen LogP contribution is -2.64. The fourth-order valence-electron chi connectivity index (χ4n) is 11.8. The third-order valence-corrected chi connectivity index (χ3v) is 17.7. The molecule has 25 nitrogen and oxygen atoms in total. The highest BCUT2D eigenvalue weighted by Gasteiger charge is 2.46. The van der Waals surface area contributed by atoms with Crippen LogP contribution in [0, 0.1) is 41.4 Å². The average Bonchev–Trinajstić information content (AvgIpc) is 1.19. The maximum atomic E-state index is 15.4. The number of aromatic nitrogens is 2. The summed E-state index contributed by atoms with van der Waals surface area (Å²) in [6, 6.07) is -13.7. The van der Waals surface area contributed by atoms with E-state index in [-0.39, 0.29) is 55.8 Å². The molecule has 11 amide bonds. The van der Waals surface area contributed by atoms with Gasteiger partial charge in [-0.15, -0.1) is 0 Å². The summed E-state index contributed by atoms with van der Waals surface area (Å²) in [4.78, 5) is 175. The van der Waals surface area contributed by atoms with E-state index in [1.165, 1.54) is 94.6 Å². The van der Waals surface area contributed by atoms with Gasteiger partial charge < -0.3 is 65.2 Å². The molecule has 2 heterocycles. The van der Waals surface area contributed by atoms with Crippen molar-refractivity contribution in [2.45, 2.75) is 242 Å². The van der Waals surface area contributed by atoms with E-state index in [2.05, 4.69) is 26.3 Å². The zero-order valence-electron chi connectivity index (χ0n) is 59.7. The van der Waals surface area contributed by atoms with Gasteiger partial charge in [0.05, 0.1) is 18.1 Å². The van der Waals surface area contributed by atoms with E-state index in [9.17, 15) is 38.7 Å². The second-order valence-corrected chi connectivity index (χ2v) is 28.1. The largest absolute Gasteiger partial charge is 0.390 e. The second-order valence-electron chi connectivity index (χ2n) is 28.1. The number of hydrogen-bond donors (Lipinski definition) is 5. The fraction of sp³-hybridized carbons (Fsp3) is 0.788. The minimum absolute atomic E-state index is 0.00722. The molecule has 0 radical (unpaired) electrons. The van der Waals surface area contributed by atoms with E-state index in [0.29, 0.717) is 19.3 Å². The smallest absolute Gasteiger partial charge is 0.246 e. The Morgan fingerprint density at radius 2 is 0.879 bits per heavy atom. The van der Waals surface area contributed by atoms with Crippen LogP contribution in [0.5, 0.6) is 0 Å². The molecule has 0 unspecified atom stereocenters. The van der Waals surface area contributed by atoms with Gasteiger partial charge in [-0.25, -0.2) is 4.98 Å². The van der Waals surface area contributed by atoms with E-state index in [0.717, 1.165) is 15.5 Å². The highest BCUT2D eigenvalue weighted by molar-refractivity contribution is 6.00. The van der Waals surface area contributed by atoms with E-state index < -0.39 is 155 Å². The molecule has 0 aromatic carbocycles. The van der Waals surface area contributed by atoms with Gasteiger partial charge in [-0.2, -0.15) is 0 Å². The van der Waals surface area contributed by atoms with Crippen molar-refractivity contribution in [1.29, 1.82) is 0 Å². The van der Waals surface area contributed by atoms with Crippen molar-refractivity contribution in [2.24, 2.45) is 48.5 Å². The lowest BCUT2D eigenvalue weighted by atomic mass is 9.90. The summed E-state index contributed by atoms with van der Waals surface area (Å²) in [5, 5.41) is 23.5. The van der Waals surface area contributed by atoms with Gasteiger partial charge in [0.15, 0.2) is 0 Å². The Labute approximate surface area is 543 Å². The quantitative estimate of drug-likeness (QED) is 0.150. The van der Waals surface area contributed by atoms with Crippen LogP contribution in [0.2, 0.25) is 0 Å². The molecule has 13 atom stereocenters. The predicted molar refractivity (Wildman–Crippen MR) is 350 cm³/mol. The van der Waals surface area contributed by atoms with Crippen LogP contribution >= 0.6 is 0 Å². The molecule has 25 heteroatoms. The van der Waals surface area contributed by atoms with Gasteiger partial charge in [0.2, 0.25) is 65.0 Å². The lowest BCUT2D eigenvalue weighted by Gasteiger charge is -2.41. The molecular formula is C66H117N13O12. The van der Waals surface area contributed by atoms with Gasteiger partial charge in [-0.05, 0) is 114 Å². The maximum absolute atomic E-state index is 15.4. The summed E-state index contributed by atoms with van der Waals surface area (Å²) in [7, 11) is 11.8. The number of nitrogens with one attached hydrogen (secondary N) is 4. The van der Waals surface area contributed by atoms with Crippen LogP contribution in [0.4, 0.5) is 0 Å². The second kappa shape index (κ2) is 36.0. The molecule has 0 spiro atoms. The monoisotopic (exact) mass is 1280 g/mol. The number of imidazole rings is 1. The van der Waals surface area contributed by atoms with Crippen LogP contribution in [0.15, 0.2) is 12.5 Å². The molecule has 91 heavy (non-hydrogen) atoms. The first kappa shape index (κ1) is 80.4. The van der Waals surface area contributed by atoms with Crippen molar-refractivity contribution in [3.8, 4) is 0 Å². The summed E-state index contributed by atoms with van der Waals surface area (Å²) in [6.07, 6.45) is 4.15. The molecular weight excluding hydrogens is 1170 g/mol. The molecule has 1 saturated heterocycles. The molecule has 1 aliphatic rings. The average molecular weight is 1280 g/mol. The number of likely N-dealkylation sites (N-methyl/N-ethyl adjacent to an activating group) is 7. The number of carbonyl (C=O) groups excluding carboxylic acids is 11. The van der Waals surface area contributed by atoms with Crippen molar-refractivity contribution in [3.05, 3.63) is 18.2 Å². The molecule has 0 aliphatic carbocycles. The molecule has 5 N–H and O–H groups in total. The molecule has 0 bridgehead atoms. The molecule has 1 aromatic rings. The molecule has 518 valence electrons. The van der Waals surface area contributed by atoms with Gasteiger partial charge in [0.25, 0.3) is 0 Å². The summed E-state index contributed by atoms with van der Waals surface area (Å²) in [6.45, 7) is 29.7. The first-order valence-electron chi connectivity index (χ1n) is 32.8. The van der Waals surface area contributed by atoms with Crippen molar-refractivity contribution in [3.63, 3.8) is 0 Å². The van der Waals surface area contributed by atoms with Crippen molar-refractivity contribution < 1.29 is 57.8 Å². The SMILES string of the molecule is CC[C@@H]1NC(=O)[C@@H]([C@H](O)[C@H](C)CCCc2cn(C)cn2)N(C)C(=O)[C@H](C(C)C)N(C)C(=O)[C@H](CC(C)C)N(C)C(=O)[C@H](CC(C)C)N(C)C(=O)[C@@H](C)NC(=O)[C@H](C)NC(=O)[C@H](CC(C)C)N(C)C(=O)[C@H](C(C)C)NC(=O)[C@H](CC(C)C)N(C)C(=O)[C@@H](C)N(C)C1=O. The fourth-order valence-corrected chi connectivity index (χ4v) is 11.8. The highest BCUT2D eigenvalue weighted by Crippen LogP contribution is 2.26. The summed E-state index contributed by atoms with van der Waals surface area (Å²) in [5.41, 5.74) is 0.826. The van der Waals surface area contributed by atoms with E-state index in [1.807, 2.05) is 73.2 Å². The number of nitrogens with zero attached hydrogens (tertiary/aromatic N) is 9. The molecule has 2 rings (SSSR count). The van der Waals surface area contributed by atoms with Crippen LogP contribution in [-0.4, -0.2) is 236 Å². The van der Waals surface area contributed by atoms with E-state index in [4.69, 9.17) is 0 Å². The Balaban J connectivity index is 3.00. The van der Waals surface area contributed by atoms with Crippen LogP contribution in [0.3, 0.4) is 0 Å². The zero-order valence-corrected chi connectivity index (χ0v) is 59.7. The third kappa shape index (κ3) is 22.0. The number of aliphatic hydroxyl groups excluding tert-OH is 1. The zero-order chi connectivity index (χ0) is 70.1. The Morgan fingerprint density at radius 1 is 0.451 bits per heavy atom. The number of hydrogen-bond acceptors (Lipinski definition) is 13. The molecule has 1 aromatic heterocycles. The molecule has 1 aliphatic heterocycles. The summed E-state index contributed by atoms with van der Waals surface area (Å²) in [5.74, 6) is -9.82. The topological polar surface area (TPSA) is 297 Å². The third-order valence-electron chi connectivity index (χ3n) is 17.7. The first-order chi connectivity index (χ1) is 42.0. The van der Waals surface area contributed by atoms with Crippen molar-refractivity contribution in [2.75, 3.05) is 49.3 Å². The molecule has 1 fully saturated rings. The van der Waals surface area contributed by atoms with Crippen LogP contribution < -0.4 is 21.3 Å². The Kier molecular flexibility index (Phi) is 31.8. The Morgan fingerprint density at radius 3 is 1.33 bits per heavy atom. The summed E-state index contributed by atoms with van der Waals surface area (Å²) >= 11 is 0. The Hall–Kier alpha value is -6.66. The predicted octanol–water partition coefficient (Wildman–Crippen LogP) is 3.45. The van der Waals surface area contributed by atoms with Gasteiger partial charge >= 0.3 is 0 Å². The van der Waals surface area contributed by atoms with Crippen LogP contribution in [-0.2, 0) is 66.2 Å².